The summed E-state index contributed by atoms with van der Waals surface area (Å²) in [6.45, 7) is 2.16. The van der Waals surface area contributed by atoms with Gasteiger partial charge in [0.1, 0.15) is 0 Å². The van der Waals surface area contributed by atoms with Crippen molar-refractivity contribution < 1.29 is 4.79 Å². The van der Waals surface area contributed by atoms with E-state index in [0.717, 1.165) is 18.4 Å². The molecule has 1 rings (SSSR count). The number of nitrogens with zero attached hydrogens (tertiary/aromatic N) is 1. The van der Waals surface area contributed by atoms with Crippen molar-refractivity contribution in [2.24, 2.45) is 5.10 Å². The van der Waals surface area contributed by atoms with Crippen molar-refractivity contribution in [3.8, 4) is 0 Å². The molecule has 19 heavy (non-hydrogen) atoms. The molecule has 0 aliphatic carbocycles. The molecule has 0 saturated heterocycles. The number of carbonyl (C=O) groups excluding carboxylic acids is 1. The van der Waals surface area contributed by atoms with Crippen molar-refractivity contribution in [1.82, 2.24) is 5.43 Å². The second kappa shape index (κ2) is 9.62. The van der Waals surface area contributed by atoms with Crippen LogP contribution in [0.5, 0.6) is 0 Å². The third kappa shape index (κ3) is 7.01. The molecule has 0 heterocycles. The van der Waals surface area contributed by atoms with Crippen LogP contribution in [0.3, 0.4) is 0 Å². The summed E-state index contributed by atoms with van der Waals surface area (Å²) < 4.78 is 0. The molecule has 0 radical (unpaired) electrons. The Morgan fingerprint density at radius 2 is 2.00 bits per heavy atom. The van der Waals surface area contributed by atoms with Crippen LogP contribution in [0.15, 0.2) is 34.3 Å². The summed E-state index contributed by atoms with van der Waals surface area (Å²) in [4.78, 5) is 12.7. The molecule has 1 aromatic rings. The number of nitrogens with one attached hydrogen (secondary N) is 1. The van der Waals surface area contributed by atoms with E-state index in [4.69, 9.17) is 0 Å². The standard InChI is InChI=1S/C15H22N2OS/c1-3-4-5-6-7-15(18)17-16-12-13-8-10-14(19-2)11-9-13/h8-12H,3-7H2,1-2H3,(H,17,18)/b16-12+. The van der Waals surface area contributed by atoms with Crippen LogP contribution < -0.4 is 5.43 Å². The number of unbranched alkanes of at least 4 members (excludes halogenated alkanes) is 3. The average Bonchev–Trinajstić information content (AvgIpc) is 2.44. The highest BCUT2D eigenvalue weighted by molar-refractivity contribution is 7.98. The maximum Gasteiger partial charge on any atom is 0.240 e. The monoisotopic (exact) mass is 278 g/mol. The Kier molecular flexibility index (Phi) is 7.98. The smallest absolute Gasteiger partial charge is 0.240 e. The minimum absolute atomic E-state index is 0.00640. The largest absolute Gasteiger partial charge is 0.273 e. The fraction of sp³-hybridized carbons (Fsp3) is 0.467. The van der Waals surface area contributed by atoms with Crippen LogP contribution in [-0.2, 0) is 4.79 Å². The van der Waals surface area contributed by atoms with Gasteiger partial charge in [-0.25, -0.2) is 5.43 Å². The first-order valence-electron chi connectivity index (χ1n) is 6.72. The van der Waals surface area contributed by atoms with E-state index in [9.17, 15) is 4.79 Å². The fourth-order valence-corrected chi connectivity index (χ4v) is 2.05. The molecule has 1 N–H and O–H groups in total. The number of rotatable bonds is 8. The van der Waals surface area contributed by atoms with Crippen molar-refractivity contribution in [1.29, 1.82) is 0 Å². The summed E-state index contributed by atoms with van der Waals surface area (Å²) >= 11 is 1.71. The van der Waals surface area contributed by atoms with E-state index in [2.05, 4.69) is 17.5 Å². The lowest BCUT2D eigenvalue weighted by Gasteiger charge is -2.00. The van der Waals surface area contributed by atoms with Crippen molar-refractivity contribution in [3.63, 3.8) is 0 Å². The summed E-state index contributed by atoms with van der Waals surface area (Å²) in [6.07, 6.45) is 8.71. The molecular weight excluding hydrogens is 256 g/mol. The van der Waals surface area contributed by atoms with Gasteiger partial charge in [0, 0.05) is 11.3 Å². The number of hydrogen-bond acceptors (Lipinski definition) is 3. The average molecular weight is 278 g/mol. The predicted molar refractivity (Wildman–Crippen MR) is 82.7 cm³/mol. The third-order valence-corrected chi connectivity index (χ3v) is 3.52. The third-order valence-electron chi connectivity index (χ3n) is 2.78. The molecular formula is C15H22N2OS. The number of thioether (sulfide) groups is 1. The first-order chi connectivity index (χ1) is 9.26. The van der Waals surface area contributed by atoms with Gasteiger partial charge < -0.3 is 0 Å². The van der Waals surface area contributed by atoms with Gasteiger partial charge in [0.15, 0.2) is 0 Å². The summed E-state index contributed by atoms with van der Waals surface area (Å²) in [5.74, 6) is -0.00640. The number of hydrogen-bond donors (Lipinski definition) is 1. The van der Waals surface area contributed by atoms with Crippen LogP contribution in [0.2, 0.25) is 0 Å². The lowest BCUT2D eigenvalue weighted by molar-refractivity contribution is -0.121. The van der Waals surface area contributed by atoms with Gasteiger partial charge in [-0.2, -0.15) is 5.10 Å². The van der Waals surface area contributed by atoms with Crippen LogP contribution >= 0.6 is 11.8 Å². The van der Waals surface area contributed by atoms with Crippen molar-refractivity contribution in [2.45, 2.75) is 43.9 Å². The topological polar surface area (TPSA) is 41.5 Å². The first kappa shape index (κ1) is 15.8. The molecule has 1 aromatic carbocycles. The van der Waals surface area contributed by atoms with Crippen LogP contribution in [0.4, 0.5) is 0 Å². The van der Waals surface area contributed by atoms with Crippen LogP contribution in [0.1, 0.15) is 44.6 Å². The van der Waals surface area contributed by atoms with Gasteiger partial charge in [-0.05, 0) is 30.4 Å². The van der Waals surface area contributed by atoms with E-state index in [1.807, 2.05) is 30.5 Å². The molecule has 0 saturated carbocycles. The highest BCUT2D eigenvalue weighted by Crippen LogP contribution is 2.13. The van der Waals surface area contributed by atoms with E-state index >= 15 is 0 Å². The molecule has 0 spiro atoms. The fourth-order valence-electron chi connectivity index (χ4n) is 1.64. The molecule has 4 heteroatoms. The number of carbonyl (C=O) groups is 1. The SMILES string of the molecule is CCCCCCC(=O)N/N=C/c1ccc(SC)cc1. The van der Waals surface area contributed by atoms with E-state index < -0.39 is 0 Å². The zero-order valence-corrected chi connectivity index (χ0v) is 12.5. The first-order valence-corrected chi connectivity index (χ1v) is 7.94. The normalized spacial score (nSPS) is 10.8. The van der Waals surface area contributed by atoms with Crippen molar-refractivity contribution >= 4 is 23.9 Å². The highest BCUT2D eigenvalue weighted by Gasteiger charge is 1.98. The minimum atomic E-state index is -0.00640. The Bertz CT molecular complexity index is 401. The molecule has 1 amide bonds. The molecule has 104 valence electrons. The molecule has 0 atom stereocenters. The second-order valence-electron chi connectivity index (χ2n) is 4.38. The lowest BCUT2D eigenvalue weighted by Crippen LogP contribution is -2.16. The number of benzene rings is 1. The minimum Gasteiger partial charge on any atom is -0.273 e. The summed E-state index contributed by atoms with van der Waals surface area (Å²) in [6, 6.07) is 8.06. The molecule has 0 fully saturated rings. The second-order valence-corrected chi connectivity index (χ2v) is 5.26. The van der Waals surface area contributed by atoms with Gasteiger partial charge in [-0.3, -0.25) is 4.79 Å². The van der Waals surface area contributed by atoms with Crippen LogP contribution in [0.25, 0.3) is 0 Å². The molecule has 0 bridgehead atoms. The van der Waals surface area contributed by atoms with Gasteiger partial charge in [-0.15, -0.1) is 11.8 Å². The maximum atomic E-state index is 11.5. The summed E-state index contributed by atoms with van der Waals surface area (Å²) in [5.41, 5.74) is 3.55. The quantitative estimate of drug-likeness (QED) is 0.340. The van der Waals surface area contributed by atoms with Gasteiger partial charge in [0.25, 0.3) is 0 Å². The van der Waals surface area contributed by atoms with E-state index in [-0.39, 0.29) is 5.91 Å². The van der Waals surface area contributed by atoms with Gasteiger partial charge in [0.2, 0.25) is 5.91 Å². The number of hydrazone groups is 1. The predicted octanol–water partition coefficient (Wildman–Crippen LogP) is 3.83. The zero-order chi connectivity index (χ0) is 13.9. The van der Waals surface area contributed by atoms with E-state index in [1.165, 1.54) is 17.7 Å². The zero-order valence-electron chi connectivity index (χ0n) is 11.7. The molecule has 0 aliphatic heterocycles. The molecule has 0 aromatic heterocycles. The highest BCUT2D eigenvalue weighted by atomic mass is 32.2. The van der Waals surface area contributed by atoms with Gasteiger partial charge in [0.05, 0.1) is 6.21 Å². The molecule has 0 aliphatic rings. The Morgan fingerprint density at radius 1 is 1.26 bits per heavy atom. The molecule has 0 unspecified atom stereocenters. The lowest BCUT2D eigenvalue weighted by atomic mass is 10.1. The van der Waals surface area contributed by atoms with Gasteiger partial charge >= 0.3 is 0 Å². The molecule has 3 nitrogen and oxygen atoms in total. The Hall–Kier alpha value is -1.29. The van der Waals surface area contributed by atoms with Crippen LogP contribution in [-0.4, -0.2) is 18.4 Å². The van der Waals surface area contributed by atoms with Crippen molar-refractivity contribution in [2.75, 3.05) is 6.26 Å². The van der Waals surface area contributed by atoms with Crippen LogP contribution in [0, 0.1) is 0 Å². The number of amides is 1. The summed E-state index contributed by atoms with van der Waals surface area (Å²) in [7, 11) is 0. The van der Waals surface area contributed by atoms with E-state index in [1.54, 1.807) is 18.0 Å². The van der Waals surface area contributed by atoms with Crippen molar-refractivity contribution in [3.05, 3.63) is 29.8 Å². The Balaban J connectivity index is 2.26. The maximum absolute atomic E-state index is 11.5. The van der Waals surface area contributed by atoms with E-state index in [0.29, 0.717) is 6.42 Å². The summed E-state index contributed by atoms with van der Waals surface area (Å²) in [5, 5.41) is 3.96. The van der Waals surface area contributed by atoms with Gasteiger partial charge in [-0.1, -0.05) is 38.3 Å². The Morgan fingerprint density at radius 3 is 2.63 bits per heavy atom. The Labute approximate surface area is 119 Å².